The van der Waals surface area contributed by atoms with E-state index in [-0.39, 0.29) is 17.7 Å². The van der Waals surface area contributed by atoms with Gasteiger partial charge in [0.15, 0.2) is 0 Å². The lowest BCUT2D eigenvalue weighted by Crippen LogP contribution is -2.42. The van der Waals surface area contributed by atoms with Crippen LogP contribution in [0.1, 0.15) is 23.6 Å². The van der Waals surface area contributed by atoms with Gasteiger partial charge in [-0.25, -0.2) is 4.79 Å². The predicted octanol–water partition coefficient (Wildman–Crippen LogP) is 2.24. The predicted molar refractivity (Wildman–Crippen MR) is 76.1 cm³/mol. The molecule has 1 rings (SSSR count). The highest BCUT2D eigenvalue weighted by Gasteiger charge is 2.36. The molecular formula is C15H18F3NO4. The molecule has 0 aliphatic heterocycles. The SMILES string of the molecule is COC(=O)[C@H](Cc1c(C)cc(OC)cc1C(F)(F)F)NC(C)=O. The van der Waals surface area contributed by atoms with Crippen molar-refractivity contribution < 1.29 is 32.2 Å². The highest BCUT2D eigenvalue weighted by molar-refractivity contribution is 5.83. The van der Waals surface area contributed by atoms with Crippen molar-refractivity contribution in [2.75, 3.05) is 14.2 Å². The molecule has 0 bridgehead atoms. The van der Waals surface area contributed by atoms with Crippen LogP contribution in [0.2, 0.25) is 0 Å². The lowest BCUT2D eigenvalue weighted by atomic mass is 9.94. The monoisotopic (exact) mass is 333 g/mol. The van der Waals surface area contributed by atoms with Crippen molar-refractivity contribution in [3.8, 4) is 5.75 Å². The first-order valence-electron chi connectivity index (χ1n) is 6.69. The van der Waals surface area contributed by atoms with E-state index in [9.17, 15) is 22.8 Å². The Hall–Kier alpha value is -2.25. The maximum atomic E-state index is 13.3. The Kier molecular flexibility index (Phi) is 6.00. The maximum Gasteiger partial charge on any atom is 0.416 e. The summed E-state index contributed by atoms with van der Waals surface area (Å²) in [7, 11) is 2.37. The zero-order chi connectivity index (χ0) is 17.8. The Balaban J connectivity index is 3.33. The van der Waals surface area contributed by atoms with Crippen LogP contribution in [0.15, 0.2) is 12.1 Å². The van der Waals surface area contributed by atoms with E-state index in [0.717, 1.165) is 13.2 Å². The molecule has 0 heterocycles. The Morgan fingerprint density at radius 2 is 1.87 bits per heavy atom. The first-order valence-corrected chi connectivity index (χ1v) is 6.69. The van der Waals surface area contributed by atoms with Gasteiger partial charge in [0.05, 0.1) is 19.8 Å². The van der Waals surface area contributed by atoms with Crippen LogP contribution in [-0.4, -0.2) is 32.1 Å². The normalized spacial score (nSPS) is 12.5. The van der Waals surface area contributed by atoms with Crippen molar-refractivity contribution in [2.45, 2.75) is 32.5 Å². The van der Waals surface area contributed by atoms with E-state index in [0.29, 0.717) is 5.56 Å². The van der Waals surface area contributed by atoms with Crippen LogP contribution in [0.4, 0.5) is 13.2 Å². The van der Waals surface area contributed by atoms with E-state index < -0.39 is 29.7 Å². The lowest BCUT2D eigenvalue weighted by Gasteiger charge is -2.21. The van der Waals surface area contributed by atoms with E-state index in [1.165, 1.54) is 27.0 Å². The van der Waals surface area contributed by atoms with Crippen LogP contribution in [0.5, 0.6) is 5.75 Å². The second-order valence-electron chi connectivity index (χ2n) is 4.95. The van der Waals surface area contributed by atoms with Crippen LogP contribution in [0, 0.1) is 6.92 Å². The van der Waals surface area contributed by atoms with Gasteiger partial charge in [-0.3, -0.25) is 4.79 Å². The summed E-state index contributed by atoms with van der Waals surface area (Å²) < 4.78 is 49.2. The minimum atomic E-state index is -4.62. The zero-order valence-electron chi connectivity index (χ0n) is 13.2. The van der Waals surface area contributed by atoms with Crippen molar-refractivity contribution in [1.82, 2.24) is 5.32 Å². The highest BCUT2D eigenvalue weighted by atomic mass is 19.4. The van der Waals surface area contributed by atoms with Gasteiger partial charge in [-0.05, 0) is 30.2 Å². The van der Waals surface area contributed by atoms with Gasteiger partial charge in [0, 0.05) is 13.3 Å². The smallest absolute Gasteiger partial charge is 0.416 e. The van der Waals surface area contributed by atoms with Crippen molar-refractivity contribution in [3.05, 3.63) is 28.8 Å². The summed E-state index contributed by atoms with van der Waals surface area (Å²) in [6.07, 6.45) is -4.96. The number of amides is 1. The van der Waals surface area contributed by atoms with Gasteiger partial charge in [-0.15, -0.1) is 0 Å². The number of ether oxygens (including phenoxy) is 2. The van der Waals surface area contributed by atoms with Crippen molar-refractivity contribution in [2.24, 2.45) is 0 Å². The summed E-state index contributed by atoms with van der Waals surface area (Å²) in [5, 5.41) is 2.30. The molecule has 1 amide bonds. The number of carbonyl (C=O) groups excluding carboxylic acids is 2. The number of benzene rings is 1. The van der Waals surface area contributed by atoms with Gasteiger partial charge in [0.25, 0.3) is 0 Å². The Morgan fingerprint density at radius 1 is 1.26 bits per heavy atom. The van der Waals surface area contributed by atoms with Crippen LogP contribution >= 0.6 is 0 Å². The first kappa shape index (κ1) is 18.8. The second kappa shape index (κ2) is 7.34. The van der Waals surface area contributed by atoms with E-state index in [4.69, 9.17) is 4.74 Å². The maximum absolute atomic E-state index is 13.3. The van der Waals surface area contributed by atoms with Crippen LogP contribution in [0.25, 0.3) is 0 Å². The topological polar surface area (TPSA) is 64.6 Å². The molecule has 5 nitrogen and oxygen atoms in total. The summed E-state index contributed by atoms with van der Waals surface area (Å²) in [5.74, 6) is -1.30. The number of nitrogens with one attached hydrogen (secondary N) is 1. The fourth-order valence-electron chi connectivity index (χ4n) is 2.21. The number of hydrogen-bond donors (Lipinski definition) is 1. The molecule has 8 heteroatoms. The average Bonchev–Trinajstić information content (AvgIpc) is 2.45. The van der Waals surface area contributed by atoms with Gasteiger partial charge >= 0.3 is 12.1 Å². The van der Waals surface area contributed by atoms with Crippen LogP contribution < -0.4 is 10.1 Å². The number of halogens is 3. The van der Waals surface area contributed by atoms with Crippen molar-refractivity contribution >= 4 is 11.9 Å². The van der Waals surface area contributed by atoms with E-state index in [1.54, 1.807) is 0 Å². The minimum absolute atomic E-state index is 0.0627. The standard InChI is InChI=1S/C15H18F3NO4/c1-8-5-10(22-3)6-12(15(16,17)18)11(8)7-13(14(21)23-4)19-9(2)20/h5-6,13H,7H2,1-4H3,(H,19,20)/t13-/m0/s1. The van der Waals surface area contributed by atoms with Crippen LogP contribution in [-0.2, 0) is 26.9 Å². The molecule has 1 N–H and O–H groups in total. The average molecular weight is 333 g/mol. The molecule has 0 saturated carbocycles. The molecule has 0 fully saturated rings. The van der Waals surface area contributed by atoms with Gasteiger partial charge in [0.1, 0.15) is 11.8 Å². The number of rotatable bonds is 5. The summed E-state index contributed by atoms with van der Waals surface area (Å²) in [5.41, 5.74) is -0.702. The van der Waals surface area contributed by atoms with Gasteiger partial charge in [-0.1, -0.05) is 0 Å². The number of carbonyl (C=O) groups is 2. The third kappa shape index (κ3) is 4.87. The molecular weight excluding hydrogens is 315 g/mol. The third-order valence-electron chi connectivity index (χ3n) is 3.26. The first-order chi connectivity index (χ1) is 10.6. The Bertz CT molecular complexity index is 599. The summed E-state index contributed by atoms with van der Waals surface area (Å²) in [6.45, 7) is 2.65. The summed E-state index contributed by atoms with van der Waals surface area (Å²) in [4.78, 5) is 22.9. The van der Waals surface area contributed by atoms with Gasteiger partial charge < -0.3 is 14.8 Å². The Morgan fingerprint density at radius 3 is 2.30 bits per heavy atom. The number of alkyl halides is 3. The fourth-order valence-corrected chi connectivity index (χ4v) is 2.21. The zero-order valence-corrected chi connectivity index (χ0v) is 13.2. The second-order valence-corrected chi connectivity index (χ2v) is 4.95. The largest absolute Gasteiger partial charge is 0.497 e. The number of hydrogen-bond acceptors (Lipinski definition) is 4. The van der Waals surface area contributed by atoms with E-state index in [2.05, 4.69) is 10.1 Å². The lowest BCUT2D eigenvalue weighted by molar-refractivity contribution is -0.145. The third-order valence-corrected chi connectivity index (χ3v) is 3.26. The fraction of sp³-hybridized carbons (Fsp3) is 0.467. The minimum Gasteiger partial charge on any atom is -0.497 e. The van der Waals surface area contributed by atoms with Crippen molar-refractivity contribution in [3.63, 3.8) is 0 Å². The van der Waals surface area contributed by atoms with Crippen molar-refractivity contribution in [1.29, 1.82) is 0 Å². The van der Waals surface area contributed by atoms with Gasteiger partial charge in [-0.2, -0.15) is 13.2 Å². The quantitative estimate of drug-likeness (QED) is 0.840. The van der Waals surface area contributed by atoms with Gasteiger partial charge in [0.2, 0.25) is 5.91 Å². The number of aryl methyl sites for hydroxylation is 1. The number of esters is 1. The highest BCUT2D eigenvalue weighted by Crippen LogP contribution is 2.36. The van der Waals surface area contributed by atoms with E-state index >= 15 is 0 Å². The summed E-state index contributed by atoms with van der Waals surface area (Å²) in [6, 6.07) is 1.10. The molecule has 0 spiro atoms. The molecule has 23 heavy (non-hydrogen) atoms. The molecule has 0 aliphatic carbocycles. The molecule has 0 aromatic heterocycles. The molecule has 0 aliphatic rings. The number of methoxy groups -OCH3 is 2. The molecule has 0 unspecified atom stereocenters. The van der Waals surface area contributed by atoms with Crippen LogP contribution in [0.3, 0.4) is 0 Å². The molecule has 1 aromatic carbocycles. The van der Waals surface area contributed by atoms with E-state index in [1.807, 2.05) is 0 Å². The summed E-state index contributed by atoms with van der Waals surface area (Å²) >= 11 is 0. The molecule has 1 atom stereocenters. The Labute approximate surface area is 131 Å². The molecule has 128 valence electrons. The molecule has 1 aromatic rings. The molecule has 0 saturated heterocycles. The molecule has 0 radical (unpaired) electrons.